The zero-order valence-corrected chi connectivity index (χ0v) is 38.2. The van der Waals surface area contributed by atoms with E-state index in [0.29, 0.717) is 19.3 Å². The van der Waals surface area contributed by atoms with Crippen LogP contribution in [-0.2, 0) is 28.6 Å². The van der Waals surface area contributed by atoms with Crippen molar-refractivity contribution in [3.63, 3.8) is 0 Å². The normalized spacial score (nSPS) is 12.8. The molecule has 0 aliphatic heterocycles. The second-order valence-corrected chi connectivity index (χ2v) is 15.6. The highest BCUT2D eigenvalue weighted by molar-refractivity contribution is 5.71. The van der Waals surface area contributed by atoms with Crippen molar-refractivity contribution in [1.82, 2.24) is 0 Å². The largest absolute Gasteiger partial charge is 0.462 e. The molecular formula is C53H88O6. The summed E-state index contributed by atoms with van der Waals surface area (Å²) < 4.78 is 16.7. The highest BCUT2D eigenvalue weighted by Gasteiger charge is 2.19. The number of esters is 3. The summed E-state index contributed by atoms with van der Waals surface area (Å²) in [5.41, 5.74) is 0. The second kappa shape index (κ2) is 47.3. The Morgan fingerprint density at radius 1 is 0.356 bits per heavy atom. The maximum Gasteiger partial charge on any atom is 0.306 e. The van der Waals surface area contributed by atoms with Gasteiger partial charge in [-0.25, -0.2) is 0 Å². The Kier molecular flexibility index (Phi) is 44.5. The zero-order valence-electron chi connectivity index (χ0n) is 38.2. The lowest BCUT2D eigenvalue weighted by molar-refractivity contribution is -0.167. The summed E-state index contributed by atoms with van der Waals surface area (Å²) in [4.78, 5) is 37.8. The average Bonchev–Trinajstić information content (AvgIpc) is 3.23. The van der Waals surface area contributed by atoms with Crippen LogP contribution in [0.1, 0.15) is 213 Å². The van der Waals surface area contributed by atoms with Crippen molar-refractivity contribution in [2.45, 2.75) is 219 Å². The van der Waals surface area contributed by atoms with E-state index in [4.69, 9.17) is 14.2 Å². The predicted molar refractivity (Wildman–Crippen MR) is 251 cm³/mol. The average molecular weight is 821 g/mol. The molecular weight excluding hydrogens is 733 g/mol. The lowest BCUT2D eigenvalue weighted by Gasteiger charge is -2.18. The molecule has 0 spiro atoms. The van der Waals surface area contributed by atoms with E-state index >= 15 is 0 Å². The standard InChI is InChI=1S/C53H88O6/c1-4-7-10-13-16-19-22-25-27-29-31-34-37-40-43-46-52(55)58-49-50(48-57-51(54)45-42-39-36-33-30-24-21-18-15-12-9-6-3)59-53(56)47-44-41-38-35-32-28-26-23-20-17-14-11-8-5-2/h8-9,11-12,17-22,26,28,30,33,50H,4-7,10,13-16,23-25,27,29,31-32,34-49H2,1-3H3/b11-8-,12-9-,20-17-,21-18-,22-19-,28-26-,33-30-. The Labute approximate surface area is 363 Å². The maximum absolute atomic E-state index is 12.7. The van der Waals surface area contributed by atoms with E-state index in [1.807, 2.05) is 0 Å². The molecule has 0 aromatic heterocycles. The van der Waals surface area contributed by atoms with Crippen molar-refractivity contribution < 1.29 is 28.6 Å². The molecule has 0 radical (unpaired) electrons. The van der Waals surface area contributed by atoms with Crippen molar-refractivity contribution in [3.8, 4) is 0 Å². The summed E-state index contributed by atoms with van der Waals surface area (Å²) in [6.07, 6.45) is 60.0. The van der Waals surface area contributed by atoms with E-state index in [-0.39, 0.29) is 31.1 Å². The summed E-state index contributed by atoms with van der Waals surface area (Å²) >= 11 is 0. The molecule has 0 heterocycles. The van der Waals surface area contributed by atoms with Crippen LogP contribution in [0.15, 0.2) is 85.1 Å². The lowest BCUT2D eigenvalue weighted by Crippen LogP contribution is -2.30. The van der Waals surface area contributed by atoms with Crippen molar-refractivity contribution >= 4 is 17.9 Å². The molecule has 6 nitrogen and oxygen atoms in total. The minimum Gasteiger partial charge on any atom is -0.462 e. The van der Waals surface area contributed by atoms with Gasteiger partial charge in [-0.15, -0.1) is 0 Å². The summed E-state index contributed by atoms with van der Waals surface area (Å²) in [5.74, 6) is -0.974. The van der Waals surface area contributed by atoms with Crippen LogP contribution in [0.2, 0.25) is 0 Å². The minimum atomic E-state index is -0.804. The molecule has 0 rings (SSSR count). The van der Waals surface area contributed by atoms with Crippen LogP contribution in [0.4, 0.5) is 0 Å². The first-order valence-electron chi connectivity index (χ1n) is 24.1. The van der Waals surface area contributed by atoms with Crippen molar-refractivity contribution in [3.05, 3.63) is 85.1 Å². The number of unbranched alkanes of at least 4 members (excludes halogenated alkanes) is 17. The number of rotatable bonds is 42. The summed E-state index contributed by atoms with van der Waals surface area (Å²) in [7, 11) is 0. The van der Waals surface area contributed by atoms with E-state index in [2.05, 4.69) is 106 Å². The van der Waals surface area contributed by atoms with Crippen molar-refractivity contribution in [2.24, 2.45) is 0 Å². The van der Waals surface area contributed by atoms with Gasteiger partial charge in [-0.1, -0.05) is 170 Å². The van der Waals surface area contributed by atoms with Crippen LogP contribution in [0, 0.1) is 0 Å². The van der Waals surface area contributed by atoms with E-state index in [1.165, 1.54) is 64.2 Å². The van der Waals surface area contributed by atoms with Gasteiger partial charge in [-0.05, 0) is 109 Å². The first-order chi connectivity index (χ1) is 29.0. The molecule has 0 fully saturated rings. The molecule has 0 aromatic rings. The van der Waals surface area contributed by atoms with Crippen LogP contribution in [0.3, 0.4) is 0 Å². The van der Waals surface area contributed by atoms with Gasteiger partial charge in [0, 0.05) is 19.3 Å². The minimum absolute atomic E-state index is 0.101. The van der Waals surface area contributed by atoms with Crippen LogP contribution in [-0.4, -0.2) is 37.2 Å². The van der Waals surface area contributed by atoms with E-state index in [9.17, 15) is 14.4 Å². The number of carbonyl (C=O) groups excluding carboxylic acids is 3. The van der Waals surface area contributed by atoms with Gasteiger partial charge in [0.1, 0.15) is 13.2 Å². The molecule has 0 saturated heterocycles. The fraction of sp³-hybridized carbons (Fsp3) is 0.679. The van der Waals surface area contributed by atoms with Gasteiger partial charge < -0.3 is 14.2 Å². The third-order valence-corrected chi connectivity index (χ3v) is 9.86. The third kappa shape index (κ3) is 45.5. The van der Waals surface area contributed by atoms with Gasteiger partial charge >= 0.3 is 17.9 Å². The summed E-state index contributed by atoms with van der Waals surface area (Å²) in [5, 5.41) is 0. The zero-order chi connectivity index (χ0) is 43.0. The molecule has 0 N–H and O–H groups in total. The van der Waals surface area contributed by atoms with E-state index < -0.39 is 6.10 Å². The molecule has 0 aromatic carbocycles. The molecule has 1 unspecified atom stereocenters. The Morgan fingerprint density at radius 3 is 1.08 bits per heavy atom. The molecule has 0 saturated carbocycles. The monoisotopic (exact) mass is 821 g/mol. The molecule has 0 aliphatic carbocycles. The molecule has 1 atom stereocenters. The van der Waals surface area contributed by atoms with E-state index in [1.54, 1.807) is 0 Å². The van der Waals surface area contributed by atoms with Crippen LogP contribution in [0.25, 0.3) is 0 Å². The molecule has 6 heteroatoms. The topological polar surface area (TPSA) is 78.9 Å². The Bertz CT molecular complexity index is 1170. The first kappa shape index (κ1) is 55.6. The quantitative estimate of drug-likeness (QED) is 0.0264. The van der Waals surface area contributed by atoms with Gasteiger partial charge in [0.05, 0.1) is 0 Å². The molecule has 0 amide bonds. The summed E-state index contributed by atoms with van der Waals surface area (Å²) in [6, 6.07) is 0. The van der Waals surface area contributed by atoms with Gasteiger partial charge in [-0.2, -0.15) is 0 Å². The molecule has 0 aliphatic rings. The highest BCUT2D eigenvalue weighted by atomic mass is 16.6. The Hall–Kier alpha value is -3.41. The lowest BCUT2D eigenvalue weighted by atomic mass is 10.1. The van der Waals surface area contributed by atoms with Crippen LogP contribution in [0.5, 0.6) is 0 Å². The number of ether oxygens (including phenoxy) is 3. The second-order valence-electron chi connectivity index (χ2n) is 15.6. The number of allylic oxidation sites excluding steroid dienone is 14. The molecule has 336 valence electrons. The smallest absolute Gasteiger partial charge is 0.306 e. The van der Waals surface area contributed by atoms with Crippen molar-refractivity contribution in [1.29, 1.82) is 0 Å². The number of carbonyl (C=O) groups is 3. The molecule has 59 heavy (non-hydrogen) atoms. The fourth-order valence-corrected chi connectivity index (χ4v) is 6.29. The number of hydrogen-bond acceptors (Lipinski definition) is 6. The van der Waals surface area contributed by atoms with Gasteiger partial charge in [0.2, 0.25) is 0 Å². The van der Waals surface area contributed by atoms with Crippen molar-refractivity contribution in [2.75, 3.05) is 13.2 Å². The van der Waals surface area contributed by atoms with Gasteiger partial charge in [0.25, 0.3) is 0 Å². The molecule has 0 bridgehead atoms. The van der Waals surface area contributed by atoms with Gasteiger partial charge in [0.15, 0.2) is 6.10 Å². The fourth-order valence-electron chi connectivity index (χ4n) is 6.29. The van der Waals surface area contributed by atoms with E-state index in [0.717, 1.165) is 109 Å². The summed E-state index contributed by atoms with van der Waals surface area (Å²) in [6.45, 7) is 6.32. The predicted octanol–water partition coefficient (Wildman–Crippen LogP) is 15.6. The van der Waals surface area contributed by atoms with Gasteiger partial charge in [-0.3, -0.25) is 14.4 Å². The Morgan fingerprint density at radius 2 is 0.661 bits per heavy atom. The maximum atomic E-state index is 12.7. The SMILES string of the molecule is CC/C=C\C/C=C\C/C=C\CCCCCCC(=O)OC(COC(=O)CCCC/C=C\C/C=C\C/C=C\CC)COC(=O)CCCCCCCCC/C=C\CCCCCC. The highest BCUT2D eigenvalue weighted by Crippen LogP contribution is 2.13. The third-order valence-electron chi connectivity index (χ3n) is 9.86. The van der Waals surface area contributed by atoms with Crippen LogP contribution < -0.4 is 0 Å². The Balaban J connectivity index is 4.48. The van der Waals surface area contributed by atoms with Crippen LogP contribution >= 0.6 is 0 Å². The first-order valence-corrected chi connectivity index (χ1v) is 24.1. The number of hydrogen-bond donors (Lipinski definition) is 0.